The first-order valence-electron chi connectivity index (χ1n) is 2.17. The van der Waals surface area contributed by atoms with Gasteiger partial charge in [0.25, 0.3) is 0 Å². The number of ether oxygens (including phenoxy) is 1. The Kier molecular flexibility index (Phi) is 21.2. The molecule has 0 aromatic heterocycles. The van der Waals surface area contributed by atoms with Gasteiger partial charge in [0.2, 0.25) is 0 Å². The Morgan fingerprint density at radius 3 is 2.22 bits per heavy atom. The van der Waals surface area contributed by atoms with Gasteiger partial charge in [-0.25, -0.2) is 0 Å². The molecular weight excluding hydrogens is 284 g/mol. The predicted octanol–water partition coefficient (Wildman–Crippen LogP) is -2.22. The molecule has 1 radical (unpaired) electrons. The summed E-state index contributed by atoms with van der Waals surface area (Å²) in [5, 5.41) is 0. The molecular formula is C5H9IO2Zn-. The number of halogens is 1. The minimum Gasteiger partial charge on any atom is -1.00 e. The van der Waals surface area contributed by atoms with E-state index in [4.69, 9.17) is 0 Å². The quantitative estimate of drug-likeness (QED) is 0.327. The van der Waals surface area contributed by atoms with E-state index in [1.165, 1.54) is 7.11 Å². The van der Waals surface area contributed by atoms with Gasteiger partial charge in [-0.1, -0.05) is 6.92 Å². The number of rotatable bonds is 2. The first-order valence-corrected chi connectivity index (χ1v) is 2.17. The molecule has 0 aliphatic carbocycles. The normalized spacial score (nSPS) is 6.44. The van der Waals surface area contributed by atoms with Crippen LogP contribution >= 0.6 is 0 Å². The fourth-order valence-corrected chi connectivity index (χ4v) is 0.246. The Bertz CT molecular complexity index is 68.0. The van der Waals surface area contributed by atoms with E-state index in [9.17, 15) is 4.79 Å². The largest absolute Gasteiger partial charge is 1.00 e. The molecule has 4 heteroatoms. The van der Waals surface area contributed by atoms with Crippen molar-refractivity contribution < 1.29 is 53.0 Å². The zero-order valence-corrected chi connectivity index (χ0v) is 10.6. The molecule has 0 N–H and O–H groups in total. The SMILES string of the molecule is [CH2]CCC(=O)OC.[I-].[Zn]. The third-order valence-corrected chi connectivity index (χ3v) is 0.609. The minimum atomic E-state index is -0.185. The van der Waals surface area contributed by atoms with Gasteiger partial charge < -0.3 is 28.7 Å². The van der Waals surface area contributed by atoms with Gasteiger partial charge in [0.05, 0.1) is 7.11 Å². The van der Waals surface area contributed by atoms with Crippen LogP contribution in [0.25, 0.3) is 0 Å². The molecule has 0 unspecified atom stereocenters. The van der Waals surface area contributed by atoms with Gasteiger partial charge in [0, 0.05) is 25.9 Å². The molecule has 51 valence electrons. The summed E-state index contributed by atoms with van der Waals surface area (Å²) in [4.78, 5) is 10.1. The summed E-state index contributed by atoms with van der Waals surface area (Å²) in [6.45, 7) is 3.47. The third kappa shape index (κ3) is 12.1. The summed E-state index contributed by atoms with van der Waals surface area (Å²) in [6, 6.07) is 0. The molecule has 0 aliphatic rings. The average Bonchev–Trinajstić information content (AvgIpc) is 1.68. The van der Waals surface area contributed by atoms with E-state index in [-0.39, 0.29) is 49.4 Å². The van der Waals surface area contributed by atoms with Crippen LogP contribution in [0.4, 0.5) is 0 Å². The van der Waals surface area contributed by atoms with E-state index in [1.54, 1.807) is 0 Å². The van der Waals surface area contributed by atoms with Crippen LogP contribution in [0.15, 0.2) is 0 Å². The van der Waals surface area contributed by atoms with Crippen molar-refractivity contribution in [3.05, 3.63) is 6.92 Å². The monoisotopic (exact) mass is 292 g/mol. The average molecular weight is 293 g/mol. The van der Waals surface area contributed by atoms with Crippen molar-refractivity contribution in [3.63, 3.8) is 0 Å². The summed E-state index contributed by atoms with van der Waals surface area (Å²) in [5.74, 6) is -0.185. The summed E-state index contributed by atoms with van der Waals surface area (Å²) in [7, 11) is 1.37. The molecule has 0 heterocycles. The van der Waals surface area contributed by atoms with Crippen molar-refractivity contribution in [1.82, 2.24) is 0 Å². The van der Waals surface area contributed by atoms with Crippen LogP contribution < -0.4 is 24.0 Å². The van der Waals surface area contributed by atoms with E-state index in [2.05, 4.69) is 11.7 Å². The van der Waals surface area contributed by atoms with Gasteiger partial charge in [0.1, 0.15) is 0 Å². The third-order valence-electron chi connectivity index (χ3n) is 0.609. The zero-order chi connectivity index (χ0) is 5.70. The second kappa shape index (κ2) is 11.6. The number of hydrogen-bond donors (Lipinski definition) is 0. The van der Waals surface area contributed by atoms with Crippen LogP contribution in [0.2, 0.25) is 0 Å². The Labute approximate surface area is 85.5 Å². The van der Waals surface area contributed by atoms with Crippen molar-refractivity contribution >= 4 is 5.97 Å². The summed E-state index contributed by atoms with van der Waals surface area (Å²) >= 11 is 0. The number of carbonyl (C=O) groups is 1. The maximum absolute atomic E-state index is 10.1. The molecule has 0 fully saturated rings. The van der Waals surface area contributed by atoms with Crippen molar-refractivity contribution in [1.29, 1.82) is 0 Å². The van der Waals surface area contributed by atoms with Gasteiger partial charge in [-0.3, -0.25) is 4.79 Å². The first kappa shape index (κ1) is 16.4. The topological polar surface area (TPSA) is 26.3 Å². The molecule has 2 nitrogen and oxygen atoms in total. The minimum absolute atomic E-state index is 0. The Morgan fingerprint density at radius 2 is 2.11 bits per heavy atom. The molecule has 0 saturated heterocycles. The second-order valence-electron chi connectivity index (χ2n) is 1.18. The molecule has 9 heavy (non-hydrogen) atoms. The fourth-order valence-electron chi connectivity index (χ4n) is 0.246. The van der Waals surface area contributed by atoms with Gasteiger partial charge in [-0.15, -0.1) is 0 Å². The van der Waals surface area contributed by atoms with Crippen molar-refractivity contribution in [3.8, 4) is 0 Å². The number of carbonyl (C=O) groups excluding carboxylic acids is 1. The van der Waals surface area contributed by atoms with Gasteiger partial charge >= 0.3 is 5.97 Å². The van der Waals surface area contributed by atoms with E-state index >= 15 is 0 Å². The van der Waals surface area contributed by atoms with Gasteiger partial charge in [0.15, 0.2) is 0 Å². The fraction of sp³-hybridized carbons (Fsp3) is 0.600. The number of methoxy groups -OCH3 is 1. The molecule has 0 spiro atoms. The number of hydrogen-bond acceptors (Lipinski definition) is 2. The van der Waals surface area contributed by atoms with E-state index < -0.39 is 0 Å². The van der Waals surface area contributed by atoms with Crippen LogP contribution in [-0.4, -0.2) is 13.1 Å². The molecule has 0 aromatic carbocycles. The van der Waals surface area contributed by atoms with E-state index in [1.807, 2.05) is 0 Å². The first-order chi connectivity index (χ1) is 3.31. The predicted molar refractivity (Wildman–Crippen MR) is 26.6 cm³/mol. The molecule has 0 bridgehead atoms. The van der Waals surface area contributed by atoms with Crippen LogP contribution in [0.1, 0.15) is 12.8 Å². The molecule has 0 aliphatic heterocycles. The van der Waals surface area contributed by atoms with Gasteiger partial charge in [-0.2, -0.15) is 0 Å². The summed E-state index contributed by atoms with van der Waals surface area (Å²) in [5.41, 5.74) is 0. The number of esters is 1. The zero-order valence-electron chi connectivity index (χ0n) is 5.52. The summed E-state index contributed by atoms with van der Waals surface area (Å²) in [6.07, 6.45) is 1.04. The van der Waals surface area contributed by atoms with Crippen molar-refractivity contribution in [2.24, 2.45) is 0 Å². The standard InChI is InChI=1S/C5H9O2.HI.Zn/c1-3-4-5(6)7-2;;/h1,3-4H2,2H3;1H;/p-1. The maximum atomic E-state index is 10.1. The Hall–Kier alpha value is 0.823. The van der Waals surface area contributed by atoms with E-state index in [0.717, 1.165) is 0 Å². The smallest absolute Gasteiger partial charge is 0.305 e. The van der Waals surface area contributed by atoms with E-state index in [0.29, 0.717) is 12.8 Å². The molecule has 0 saturated carbocycles. The second-order valence-corrected chi connectivity index (χ2v) is 1.18. The molecule has 0 amide bonds. The maximum Gasteiger partial charge on any atom is 0.305 e. The van der Waals surface area contributed by atoms with Crippen molar-refractivity contribution in [2.45, 2.75) is 12.8 Å². The summed E-state index contributed by atoms with van der Waals surface area (Å²) < 4.78 is 4.31. The molecule has 0 atom stereocenters. The Morgan fingerprint density at radius 1 is 1.67 bits per heavy atom. The Balaban J connectivity index is -0.000000180. The van der Waals surface area contributed by atoms with Crippen LogP contribution in [0.5, 0.6) is 0 Å². The van der Waals surface area contributed by atoms with Crippen molar-refractivity contribution in [2.75, 3.05) is 7.11 Å². The van der Waals surface area contributed by atoms with Crippen LogP contribution in [0, 0.1) is 6.92 Å². The molecule has 0 aromatic rings. The molecule has 0 rings (SSSR count). The van der Waals surface area contributed by atoms with Gasteiger partial charge in [-0.05, 0) is 6.42 Å². The van der Waals surface area contributed by atoms with Crippen LogP contribution in [0.3, 0.4) is 0 Å². The van der Waals surface area contributed by atoms with Crippen LogP contribution in [-0.2, 0) is 29.0 Å².